The number of methoxy groups -OCH3 is 1. The number of nitrogens with zero attached hydrogens (tertiary/aromatic N) is 3. The summed E-state index contributed by atoms with van der Waals surface area (Å²) < 4.78 is 5.81. The smallest absolute Gasteiger partial charge is 0.340 e. The molecule has 0 aliphatic carbocycles. The van der Waals surface area contributed by atoms with Crippen LogP contribution in [0.2, 0.25) is 5.02 Å². The second kappa shape index (κ2) is 9.09. The van der Waals surface area contributed by atoms with Crippen LogP contribution >= 0.6 is 11.6 Å². The molecule has 29 heavy (non-hydrogen) atoms. The summed E-state index contributed by atoms with van der Waals surface area (Å²) in [5, 5.41) is 6.96. The van der Waals surface area contributed by atoms with Crippen LogP contribution in [0.5, 0.6) is 0 Å². The maximum Gasteiger partial charge on any atom is 0.340 e. The van der Waals surface area contributed by atoms with Crippen LogP contribution in [0.15, 0.2) is 35.3 Å². The first-order valence-corrected chi connectivity index (χ1v) is 9.48. The first-order chi connectivity index (χ1) is 13.6. The van der Waals surface area contributed by atoms with Crippen molar-refractivity contribution in [2.24, 2.45) is 0 Å². The van der Waals surface area contributed by atoms with Gasteiger partial charge in [-0.15, -0.1) is 0 Å². The minimum absolute atomic E-state index is 0.0252. The van der Waals surface area contributed by atoms with Crippen molar-refractivity contribution in [3.63, 3.8) is 0 Å². The largest absolute Gasteiger partial charge is 0.465 e. The zero-order valence-corrected chi connectivity index (χ0v) is 17.9. The van der Waals surface area contributed by atoms with Crippen LogP contribution in [-0.2, 0) is 9.53 Å². The molecule has 9 heteroatoms. The van der Waals surface area contributed by atoms with E-state index in [0.717, 1.165) is 4.68 Å². The normalized spacial score (nSPS) is 11.1. The van der Waals surface area contributed by atoms with Crippen LogP contribution in [0.25, 0.3) is 5.69 Å². The molecule has 1 heterocycles. The molecule has 8 nitrogen and oxygen atoms in total. The molecule has 0 radical (unpaired) electrons. The van der Waals surface area contributed by atoms with Crippen LogP contribution in [0.3, 0.4) is 0 Å². The quantitative estimate of drug-likeness (QED) is 0.721. The van der Waals surface area contributed by atoms with Crippen molar-refractivity contribution in [3.8, 4) is 5.69 Å². The summed E-state index contributed by atoms with van der Waals surface area (Å²) in [4.78, 5) is 38.8. The molecule has 1 amide bonds. The standard InChI is InChI=1S/C20H25ClN4O4/c1-6-24(12-16(26)23-20(2,3)4)15-11-22-25(18(27)17(15)21)14-10-8-7-9-13(14)19(28)29-5/h7-11H,6,12H2,1-5H3,(H,23,26). The van der Waals surface area contributed by atoms with Gasteiger partial charge in [0, 0.05) is 12.1 Å². The van der Waals surface area contributed by atoms with E-state index in [1.54, 1.807) is 23.1 Å². The van der Waals surface area contributed by atoms with E-state index in [-0.39, 0.29) is 34.3 Å². The number of para-hydroxylation sites is 1. The summed E-state index contributed by atoms with van der Waals surface area (Å²) in [7, 11) is 1.26. The van der Waals surface area contributed by atoms with Gasteiger partial charge in [-0.1, -0.05) is 23.7 Å². The third-order valence-corrected chi connectivity index (χ3v) is 4.36. The lowest BCUT2D eigenvalue weighted by Crippen LogP contribution is -2.46. The topological polar surface area (TPSA) is 93.5 Å². The molecule has 1 aromatic heterocycles. The van der Waals surface area contributed by atoms with Crippen molar-refractivity contribution in [2.45, 2.75) is 33.2 Å². The second-order valence-electron chi connectivity index (χ2n) is 7.38. The molecule has 156 valence electrons. The van der Waals surface area contributed by atoms with Gasteiger partial charge in [0.2, 0.25) is 5.91 Å². The second-order valence-corrected chi connectivity index (χ2v) is 7.76. The molecule has 0 saturated carbocycles. The van der Waals surface area contributed by atoms with Gasteiger partial charge in [-0.25, -0.2) is 4.79 Å². The van der Waals surface area contributed by atoms with Crippen molar-refractivity contribution in [1.29, 1.82) is 0 Å². The van der Waals surface area contributed by atoms with Gasteiger partial charge < -0.3 is 15.0 Å². The predicted molar refractivity (Wildman–Crippen MR) is 112 cm³/mol. The summed E-state index contributed by atoms with van der Waals surface area (Å²) in [6.07, 6.45) is 1.41. The monoisotopic (exact) mass is 420 g/mol. The first-order valence-electron chi connectivity index (χ1n) is 9.10. The number of rotatable bonds is 6. The number of likely N-dealkylation sites (N-methyl/N-ethyl adjacent to an activating group) is 1. The zero-order chi connectivity index (χ0) is 21.8. The van der Waals surface area contributed by atoms with Crippen LogP contribution in [0.1, 0.15) is 38.1 Å². The van der Waals surface area contributed by atoms with Gasteiger partial charge in [-0.2, -0.15) is 9.78 Å². The molecule has 1 N–H and O–H groups in total. The highest BCUT2D eigenvalue weighted by molar-refractivity contribution is 6.33. The number of ether oxygens (including phenoxy) is 1. The van der Waals surface area contributed by atoms with Crippen LogP contribution < -0.4 is 15.8 Å². The molecule has 0 atom stereocenters. The Morgan fingerprint density at radius 2 is 1.93 bits per heavy atom. The number of benzene rings is 1. The summed E-state index contributed by atoms with van der Waals surface area (Å²) in [5.74, 6) is -0.792. The zero-order valence-electron chi connectivity index (χ0n) is 17.2. The Kier molecular flexibility index (Phi) is 7.02. The van der Waals surface area contributed by atoms with E-state index < -0.39 is 11.5 Å². The van der Waals surface area contributed by atoms with Crippen LogP contribution in [-0.4, -0.2) is 47.4 Å². The van der Waals surface area contributed by atoms with Crippen LogP contribution in [0.4, 0.5) is 5.69 Å². The summed E-state index contributed by atoms with van der Waals surface area (Å²) >= 11 is 6.34. The Labute approximate surface area is 174 Å². The Balaban J connectivity index is 2.43. The summed E-state index contributed by atoms with van der Waals surface area (Å²) in [6.45, 7) is 7.97. The number of aromatic nitrogens is 2. The lowest BCUT2D eigenvalue weighted by atomic mass is 10.1. The number of nitrogens with one attached hydrogen (secondary N) is 1. The molecular weight excluding hydrogens is 396 g/mol. The number of hydrogen-bond donors (Lipinski definition) is 1. The minimum atomic E-state index is -0.602. The van der Waals surface area contributed by atoms with E-state index in [9.17, 15) is 14.4 Å². The van der Waals surface area contributed by atoms with Gasteiger partial charge in [-0.05, 0) is 39.8 Å². The fourth-order valence-corrected chi connectivity index (χ4v) is 3.00. The maximum atomic E-state index is 12.9. The van der Waals surface area contributed by atoms with Gasteiger partial charge in [0.1, 0.15) is 5.02 Å². The minimum Gasteiger partial charge on any atom is -0.465 e. The number of esters is 1. The van der Waals surface area contributed by atoms with E-state index in [1.165, 1.54) is 19.4 Å². The molecule has 1 aromatic carbocycles. The van der Waals surface area contributed by atoms with Crippen molar-refractivity contribution in [2.75, 3.05) is 25.1 Å². The third-order valence-electron chi connectivity index (χ3n) is 4.01. The van der Waals surface area contributed by atoms with Gasteiger partial charge in [0.05, 0.1) is 36.8 Å². The fourth-order valence-electron chi connectivity index (χ4n) is 2.76. The third kappa shape index (κ3) is 5.35. The molecule has 0 aliphatic heterocycles. The number of carbonyl (C=O) groups is 2. The van der Waals surface area contributed by atoms with Crippen molar-refractivity contribution >= 4 is 29.2 Å². The number of anilines is 1. The summed E-state index contributed by atoms with van der Waals surface area (Å²) in [5.41, 5.74) is -0.193. The number of hydrogen-bond acceptors (Lipinski definition) is 6. The Bertz CT molecular complexity index is 966. The molecule has 0 saturated heterocycles. The van der Waals surface area contributed by atoms with Gasteiger partial charge in [0.25, 0.3) is 5.56 Å². The van der Waals surface area contributed by atoms with Crippen LogP contribution in [0, 0.1) is 0 Å². The van der Waals surface area contributed by atoms with E-state index in [2.05, 4.69) is 10.4 Å². The maximum absolute atomic E-state index is 12.9. The van der Waals surface area contributed by atoms with E-state index >= 15 is 0 Å². The fraction of sp³-hybridized carbons (Fsp3) is 0.400. The molecule has 0 fully saturated rings. The molecule has 0 aliphatic rings. The van der Waals surface area contributed by atoms with Gasteiger partial charge >= 0.3 is 5.97 Å². The highest BCUT2D eigenvalue weighted by Crippen LogP contribution is 2.22. The Morgan fingerprint density at radius 1 is 1.28 bits per heavy atom. The molecule has 0 unspecified atom stereocenters. The lowest BCUT2D eigenvalue weighted by molar-refractivity contribution is -0.121. The molecular formula is C20H25ClN4O4. The highest BCUT2D eigenvalue weighted by Gasteiger charge is 2.21. The van der Waals surface area contributed by atoms with Crippen molar-refractivity contribution in [3.05, 3.63) is 51.4 Å². The highest BCUT2D eigenvalue weighted by atomic mass is 35.5. The number of amides is 1. The number of halogens is 1. The molecule has 0 spiro atoms. The predicted octanol–water partition coefficient (Wildman–Crippen LogP) is 2.41. The van der Waals surface area contributed by atoms with Gasteiger partial charge in [0.15, 0.2) is 0 Å². The SMILES string of the molecule is CCN(CC(=O)NC(C)(C)C)c1cnn(-c2ccccc2C(=O)OC)c(=O)c1Cl. The summed E-state index contributed by atoms with van der Waals surface area (Å²) in [6, 6.07) is 6.44. The molecule has 2 aromatic rings. The van der Waals surface area contributed by atoms with Crippen molar-refractivity contribution in [1.82, 2.24) is 15.1 Å². The first kappa shape index (κ1) is 22.4. The average Bonchev–Trinajstić information content (AvgIpc) is 2.66. The van der Waals surface area contributed by atoms with Crippen molar-refractivity contribution < 1.29 is 14.3 Å². The number of carbonyl (C=O) groups excluding carboxylic acids is 2. The van der Waals surface area contributed by atoms with E-state index in [1.807, 2.05) is 27.7 Å². The van der Waals surface area contributed by atoms with E-state index in [0.29, 0.717) is 12.2 Å². The Morgan fingerprint density at radius 3 is 2.52 bits per heavy atom. The van der Waals surface area contributed by atoms with Gasteiger partial charge in [-0.3, -0.25) is 9.59 Å². The average molecular weight is 421 g/mol. The van der Waals surface area contributed by atoms with E-state index in [4.69, 9.17) is 16.3 Å². The lowest BCUT2D eigenvalue weighted by Gasteiger charge is -2.26. The molecule has 2 rings (SSSR count). The molecule has 0 bridgehead atoms. The Hall–Kier alpha value is -2.87.